The minimum atomic E-state index is -0.504. The zero-order chi connectivity index (χ0) is 17.1. The molecule has 2 aromatic rings. The van der Waals surface area contributed by atoms with Gasteiger partial charge in [-0.25, -0.2) is 14.4 Å². The number of anilines is 2. The third kappa shape index (κ3) is 4.05. The second kappa shape index (κ2) is 6.91. The van der Waals surface area contributed by atoms with Crippen molar-refractivity contribution in [3.8, 4) is 0 Å². The Kier molecular flexibility index (Phi) is 4.70. The summed E-state index contributed by atoms with van der Waals surface area (Å²) in [4.78, 5) is 21.8. The van der Waals surface area contributed by atoms with E-state index in [1.807, 2.05) is 13.8 Å². The molecule has 1 N–H and O–H groups in total. The van der Waals surface area contributed by atoms with E-state index >= 15 is 0 Å². The van der Waals surface area contributed by atoms with E-state index in [9.17, 15) is 9.18 Å². The summed E-state index contributed by atoms with van der Waals surface area (Å²) in [6, 6.07) is 0. The average Bonchev–Trinajstić information content (AvgIpc) is 2.95. The predicted octanol–water partition coefficient (Wildman–Crippen LogP) is 1.19. The molecule has 8 nitrogen and oxygen atoms in total. The van der Waals surface area contributed by atoms with Gasteiger partial charge in [-0.3, -0.25) is 9.48 Å². The summed E-state index contributed by atoms with van der Waals surface area (Å²) < 4.78 is 20.0. The van der Waals surface area contributed by atoms with Crippen LogP contribution >= 0.6 is 0 Å². The second-order valence-electron chi connectivity index (χ2n) is 5.83. The van der Waals surface area contributed by atoms with Crippen LogP contribution in [0, 0.1) is 5.82 Å². The van der Waals surface area contributed by atoms with Crippen LogP contribution in [-0.2, 0) is 16.1 Å². The van der Waals surface area contributed by atoms with Crippen molar-refractivity contribution in [2.45, 2.75) is 32.6 Å². The van der Waals surface area contributed by atoms with Crippen LogP contribution in [0.15, 0.2) is 24.8 Å². The maximum Gasteiger partial charge on any atom is 0.244 e. The molecule has 2 unspecified atom stereocenters. The fourth-order valence-electron chi connectivity index (χ4n) is 2.64. The van der Waals surface area contributed by atoms with Crippen LogP contribution in [0.5, 0.6) is 0 Å². The summed E-state index contributed by atoms with van der Waals surface area (Å²) in [5.41, 5.74) is 0.623. The van der Waals surface area contributed by atoms with E-state index < -0.39 is 5.82 Å². The molecule has 0 aromatic carbocycles. The number of hydrogen-bond acceptors (Lipinski definition) is 6. The number of morpholine rings is 1. The van der Waals surface area contributed by atoms with Crippen LogP contribution in [0.3, 0.4) is 0 Å². The van der Waals surface area contributed by atoms with E-state index in [-0.39, 0.29) is 30.6 Å². The number of nitrogens with zero attached hydrogens (tertiary/aromatic N) is 5. The predicted molar refractivity (Wildman–Crippen MR) is 84.1 cm³/mol. The lowest BCUT2D eigenvalue weighted by molar-refractivity contribution is -0.144. The first-order valence-electron chi connectivity index (χ1n) is 7.70. The van der Waals surface area contributed by atoms with Gasteiger partial charge >= 0.3 is 0 Å². The summed E-state index contributed by atoms with van der Waals surface area (Å²) in [6.45, 7) is 5.21. The normalized spacial score (nSPS) is 20.9. The fraction of sp³-hybridized carbons (Fsp3) is 0.467. The molecule has 1 aliphatic rings. The van der Waals surface area contributed by atoms with Crippen molar-refractivity contribution in [1.29, 1.82) is 0 Å². The highest BCUT2D eigenvalue weighted by atomic mass is 19.1. The number of rotatable bonds is 4. The largest absolute Gasteiger partial charge is 0.372 e. The standard InChI is InChI=1S/C15H19FN6O2/c1-10-6-21(7-11(2)24-10)14(23)9-22-8-13(5-19-22)20-15-17-3-12(16)4-18-15/h3-5,8,10-11H,6-7,9H2,1-2H3,(H,17,18,20). The lowest BCUT2D eigenvalue weighted by Gasteiger charge is -2.35. The van der Waals surface area contributed by atoms with Crippen LogP contribution < -0.4 is 5.32 Å². The average molecular weight is 334 g/mol. The van der Waals surface area contributed by atoms with E-state index in [4.69, 9.17) is 4.74 Å². The molecule has 2 atom stereocenters. The summed E-state index contributed by atoms with van der Waals surface area (Å²) in [7, 11) is 0. The molecular weight excluding hydrogens is 315 g/mol. The maximum atomic E-state index is 12.8. The highest BCUT2D eigenvalue weighted by Crippen LogP contribution is 2.13. The van der Waals surface area contributed by atoms with Gasteiger partial charge in [-0.1, -0.05) is 0 Å². The van der Waals surface area contributed by atoms with Gasteiger partial charge in [-0.05, 0) is 13.8 Å². The minimum absolute atomic E-state index is 0.00955. The molecule has 1 amide bonds. The summed E-state index contributed by atoms with van der Waals surface area (Å²) in [6.07, 6.45) is 5.45. The molecular formula is C15H19FN6O2. The lowest BCUT2D eigenvalue weighted by atomic mass is 10.2. The van der Waals surface area contributed by atoms with Crippen LogP contribution in [0.2, 0.25) is 0 Å². The molecule has 0 radical (unpaired) electrons. The van der Waals surface area contributed by atoms with Crippen molar-refractivity contribution in [1.82, 2.24) is 24.6 Å². The molecule has 24 heavy (non-hydrogen) atoms. The lowest BCUT2D eigenvalue weighted by Crippen LogP contribution is -2.49. The molecule has 0 aliphatic carbocycles. The number of carbonyl (C=O) groups is 1. The van der Waals surface area contributed by atoms with Gasteiger partial charge in [0.15, 0.2) is 5.82 Å². The van der Waals surface area contributed by atoms with Crippen molar-refractivity contribution in [3.05, 3.63) is 30.6 Å². The Balaban J connectivity index is 1.59. The van der Waals surface area contributed by atoms with Gasteiger partial charge in [0, 0.05) is 19.3 Å². The van der Waals surface area contributed by atoms with Crippen molar-refractivity contribution in [3.63, 3.8) is 0 Å². The van der Waals surface area contributed by atoms with Gasteiger partial charge in [0.05, 0.1) is 36.5 Å². The second-order valence-corrected chi connectivity index (χ2v) is 5.83. The number of amides is 1. The van der Waals surface area contributed by atoms with Crippen molar-refractivity contribution < 1.29 is 13.9 Å². The molecule has 128 valence electrons. The SMILES string of the molecule is CC1CN(C(=O)Cn2cc(Nc3ncc(F)cn3)cn2)CC(C)O1. The van der Waals surface area contributed by atoms with E-state index in [0.29, 0.717) is 18.8 Å². The Bertz CT molecular complexity index is 694. The van der Waals surface area contributed by atoms with Crippen LogP contribution in [0.1, 0.15) is 13.8 Å². The number of hydrogen-bond donors (Lipinski definition) is 1. The summed E-state index contributed by atoms with van der Waals surface area (Å²) in [5, 5.41) is 7.05. The van der Waals surface area contributed by atoms with Gasteiger partial charge < -0.3 is 15.0 Å². The zero-order valence-corrected chi connectivity index (χ0v) is 13.5. The number of nitrogens with one attached hydrogen (secondary N) is 1. The Hall–Kier alpha value is -2.55. The van der Waals surface area contributed by atoms with Gasteiger partial charge in [0.2, 0.25) is 11.9 Å². The first-order chi connectivity index (χ1) is 11.5. The van der Waals surface area contributed by atoms with Crippen molar-refractivity contribution in [2.75, 3.05) is 18.4 Å². The van der Waals surface area contributed by atoms with E-state index in [1.54, 1.807) is 22.0 Å². The smallest absolute Gasteiger partial charge is 0.244 e. The molecule has 0 bridgehead atoms. The van der Waals surface area contributed by atoms with Gasteiger partial charge in [-0.2, -0.15) is 5.10 Å². The number of carbonyl (C=O) groups excluding carboxylic acids is 1. The Morgan fingerprint density at radius 2 is 1.96 bits per heavy atom. The summed E-state index contributed by atoms with van der Waals surface area (Å²) >= 11 is 0. The van der Waals surface area contributed by atoms with Gasteiger partial charge in [0.25, 0.3) is 0 Å². The fourth-order valence-corrected chi connectivity index (χ4v) is 2.64. The Morgan fingerprint density at radius 3 is 2.62 bits per heavy atom. The minimum Gasteiger partial charge on any atom is -0.372 e. The number of ether oxygens (including phenoxy) is 1. The first kappa shape index (κ1) is 16.3. The molecule has 3 heterocycles. The molecule has 1 saturated heterocycles. The molecule has 2 aromatic heterocycles. The van der Waals surface area contributed by atoms with Crippen LogP contribution in [0.25, 0.3) is 0 Å². The Labute approximate surface area is 138 Å². The quantitative estimate of drug-likeness (QED) is 0.904. The Morgan fingerprint density at radius 1 is 1.29 bits per heavy atom. The van der Waals surface area contributed by atoms with Crippen LogP contribution in [0.4, 0.5) is 16.0 Å². The highest BCUT2D eigenvalue weighted by Gasteiger charge is 2.25. The summed E-state index contributed by atoms with van der Waals surface area (Å²) in [5.74, 6) is -0.251. The molecule has 0 spiro atoms. The third-order valence-electron chi connectivity index (χ3n) is 3.58. The maximum absolute atomic E-state index is 12.8. The molecule has 1 fully saturated rings. The highest BCUT2D eigenvalue weighted by molar-refractivity contribution is 5.76. The molecule has 3 rings (SSSR count). The topological polar surface area (TPSA) is 85.2 Å². The monoisotopic (exact) mass is 334 g/mol. The van der Waals surface area contributed by atoms with Gasteiger partial charge in [-0.15, -0.1) is 0 Å². The zero-order valence-electron chi connectivity index (χ0n) is 13.5. The van der Waals surface area contributed by atoms with Crippen LogP contribution in [-0.4, -0.2) is 55.9 Å². The first-order valence-corrected chi connectivity index (χ1v) is 7.70. The molecule has 9 heteroatoms. The molecule has 1 aliphatic heterocycles. The molecule has 0 saturated carbocycles. The van der Waals surface area contributed by atoms with E-state index in [0.717, 1.165) is 12.4 Å². The van der Waals surface area contributed by atoms with E-state index in [2.05, 4.69) is 20.4 Å². The van der Waals surface area contributed by atoms with Crippen molar-refractivity contribution >= 4 is 17.5 Å². The third-order valence-corrected chi connectivity index (χ3v) is 3.58. The number of aromatic nitrogens is 4. The van der Waals surface area contributed by atoms with E-state index in [1.165, 1.54) is 0 Å². The van der Waals surface area contributed by atoms with Crippen molar-refractivity contribution in [2.24, 2.45) is 0 Å². The van der Waals surface area contributed by atoms with Gasteiger partial charge in [0.1, 0.15) is 6.54 Å². The number of halogens is 1.